The van der Waals surface area contributed by atoms with Crippen LogP contribution in [-0.2, 0) is 38.9 Å². The number of rotatable bonds is 6. The average Bonchev–Trinajstić information content (AvgIpc) is 2.34. The topological polar surface area (TPSA) is 72.6 Å². The Morgan fingerprint density at radius 1 is 1.65 bits per heavy atom. The number of carbonyl (C=O) groups is 2. The van der Waals surface area contributed by atoms with Gasteiger partial charge in [0.15, 0.2) is 0 Å². The minimum Gasteiger partial charge on any atom is -0.147 e. The second kappa shape index (κ2) is 10.9. The monoisotopic (exact) mass is 643 g/mol. The minimum atomic E-state index is -0.693. The summed E-state index contributed by atoms with van der Waals surface area (Å²) >= 11 is 2.57. The number of hydrogen-bond acceptors (Lipinski definition) is 5. The van der Waals surface area contributed by atoms with Crippen molar-refractivity contribution in [3.8, 4) is 0 Å². The molecule has 0 aromatic rings. The van der Waals surface area contributed by atoms with Crippen LogP contribution in [0.25, 0.3) is 0 Å². The van der Waals surface area contributed by atoms with Crippen LogP contribution in [0.2, 0.25) is 0 Å². The molecule has 0 spiro atoms. The number of β-lactam (4-membered cyclic amide) rings is 1. The zero-order chi connectivity index (χ0) is 13.9. The van der Waals surface area contributed by atoms with Gasteiger partial charge in [0, 0.05) is 0 Å². The number of esters is 1. The SMILES string of the molecule is C=C(C)C(C(=O)OCCI)N1C(=O)C(N)C1[S][Hg].Cl.Cl. The van der Waals surface area contributed by atoms with Gasteiger partial charge in [-0.1, -0.05) is 0 Å². The van der Waals surface area contributed by atoms with E-state index in [1.54, 1.807) is 15.2 Å². The van der Waals surface area contributed by atoms with E-state index in [1.807, 2.05) is 0 Å². The molecule has 1 saturated heterocycles. The molecule has 10 heteroatoms. The van der Waals surface area contributed by atoms with Gasteiger partial charge < -0.3 is 0 Å². The largest absolute Gasteiger partial charge is 0.147 e. The minimum absolute atomic E-state index is 0. The van der Waals surface area contributed by atoms with Gasteiger partial charge >= 0.3 is 140 Å². The first-order valence-corrected chi connectivity index (χ1v) is 14.6. The fraction of sp³-hybridized carbons (Fsp3) is 0.600. The molecule has 2 N–H and O–H groups in total. The van der Waals surface area contributed by atoms with Crippen LogP contribution in [0.3, 0.4) is 0 Å². The molecule has 0 aliphatic carbocycles. The quantitative estimate of drug-likeness (QED) is 0.119. The predicted octanol–water partition coefficient (Wildman–Crippen LogP) is 1.44. The van der Waals surface area contributed by atoms with E-state index in [1.165, 1.54) is 4.90 Å². The van der Waals surface area contributed by atoms with E-state index in [0.717, 1.165) is 4.43 Å². The molecule has 0 bridgehead atoms. The van der Waals surface area contributed by atoms with E-state index in [2.05, 4.69) is 29.2 Å². The summed E-state index contributed by atoms with van der Waals surface area (Å²) in [5, 5.41) is -0.102. The van der Waals surface area contributed by atoms with E-state index >= 15 is 0 Å². The summed E-state index contributed by atoms with van der Waals surface area (Å²) in [5.41, 5.74) is 6.35. The first-order chi connectivity index (χ1) is 8.45. The second-order valence-electron chi connectivity index (χ2n) is 3.93. The summed E-state index contributed by atoms with van der Waals surface area (Å²) in [7, 11) is 1.64. The van der Waals surface area contributed by atoms with Crippen LogP contribution in [0.5, 0.6) is 0 Å². The molecule has 0 aromatic carbocycles. The van der Waals surface area contributed by atoms with Gasteiger partial charge in [0.25, 0.3) is 0 Å². The van der Waals surface area contributed by atoms with Crippen molar-refractivity contribution < 1.29 is 38.9 Å². The van der Waals surface area contributed by atoms with Crippen molar-refractivity contribution in [2.24, 2.45) is 5.73 Å². The van der Waals surface area contributed by atoms with Crippen molar-refractivity contribution in [1.29, 1.82) is 0 Å². The standard InChI is InChI=1S/C10H15IN2O3S.2ClH.Hg/c1-5(2)7(10(15)16-4-3-11)13-8(14)6(12)9(13)17;;;/h6-7,9,17H,1,3-4,12H2,2H3;2*1H;/q;;;+1/p-1. The number of nitrogens with two attached hydrogens (primary N) is 1. The van der Waals surface area contributed by atoms with Gasteiger partial charge in [-0.15, -0.1) is 24.8 Å². The molecule has 5 nitrogen and oxygen atoms in total. The number of nitrogens with zero attached hydrogens (tertiary/aromatic N) is 1. The molecule has 1 rings (SSSR count). The van der Waals surface area contributed by atoms with Crippen molar-refractivity contribution in [2.75, 3.05) is 11.0 Å². The Morgan fingerprint density at radius 2 is 2.20 bits per heavy atom. The fourth-order valence-corrected chi connectivity index (χ4v) is 6.96. The van der Waals surface area contributed by atoms with Crippen LogP contribution >= 0.6 is 55.6 Å². The summed E-state index contributed by atoms with van der Waals surface area (Å²) in [6.45, 7) is 5.86. The summed E-state index contributed by atoms with van der Waals surface area (Å²) in [4.78, 5) is 25.3. The van der Waals surface area contributed by atoms with Crippen molar-refractivity contribution in [2.45, 2.75) is 24.4 Å². The Bertz CT molecular complexity index is 378. The Morgan fingerprint density at radius 3 is 2.60 bits per heavy atom. The average molecular weight is 643 g/mol. The van der Waals surface area contributed by atoms with Crippen LogP contribution in [0.4, 0.5) is 0 Å². The maximum Gasteiger partial charge on any atom is -0.147 e. The molecule has 1 aliphatic rings. The summed E-state index contributed by atoms with van der Waals surface area (Å²) in [6, 6.07) is -1.19. The molecule has 1 aliphatic heterocycles. The van der Waals surface area contributed by atoms with Crippen molar-refractivity contribution in [1.82, 2.24) is 4.90 Å². The van der Waals surface area contributed by atoms with Crippen LogP contribution in [-0.4, -0.2) is 45.3 Å². The molecule has 0 radical (unpaired) electrons. The first kappa shape index (κ1) is 23.5. The van der Waals surface area contributed by atoms with Crippen LogP contribution < -0.4 is 5.73 Å². The van der Waals surface area contributed by atoms with Crippen LogP contribution in [0.15, 0.2) is 12.2 Å². The predicted molar refractivity (Wildman–Crippen MR) is 89.1 cm³/mol. The van der Waals surface area contributed by atoms with Crippen LogP contribution in [0, 0.1) is 0 Å². The number of hydrogen-bond donors (Lipinski definition) is 1. The Kier molecular flexibility index (Phi) is 12.8. The Balaban J connectivity index is 0. The first-order valence-electron chi connectivity index (χ1n) is 5.32. The van der Waals surface area contributed by atoms with Gasteiger partial charge in [0.2, 0.25) is 0 Å². The van der Waals surface area contributed by atoms with Crippen molar-refractivity contribution in [3.63, 3.8) is 0 Å². The van der Waals surface area contributed by atoms with Gasteiger partial charge in [-0.2, -0.15) is 0 Å². The maximum atomic E-state index is 12.0. The molecular formula is C10H16Cl2HgIN2O3S. The molecule has 1 heterocycles. The zero-order valence-electron chi connectivity index (χ0n) is 10.9. The number of carbonyl (C=O) groups excluding carboxylic acids is 2. The van der Waals surface area contributed by atoms with Crippen molar-refractivity contribution in [3.05, 3.63) is 12.2 Å². The van der Waals surface area contributed by atoms with Crippen LogP contribution in [0.1, 0.15) is 6.92 Å². The molecule has 3 atom stereocenters. The van der Waals surface area contributed by atoms with Gasteiger partial charge in [-0.25, -0.2) is 0 Å². The van der Waals surface area contributed by atoms with Gasteiger partial charge in [0.05, 0.1) is 0 Å². The van der Waals surface area contributed by atoms with Gasteiger partial charge in [-0.05, 0) is 0 Å². The number of amides is 1. The van der Waals surface area contributed by atoms with E-state index in [4.69, 9.17) is 10.5 Å². The molecule has 0 aromatic heterocycles. The molecule has 113 valence electrons. The number of ether oxygens (including phenoxy) is 1. The summed E-state index contributed by atoms with van der Waals surface area (Å²) in [5.74, 6) is -0.607. The van der Waals surface area contributed by atoms with Gasteiger partial charge in [-0.3, -0.25) is 0 Å². The summed E-state index contributed by atoms with van der Waals surface area (Å²) in [6.07, 6.45) is 0. The maximum absolute atomic E-state index is 12.0. The van der Waals surface area contributed by atoms with E-state index in [0.29, 0.717) is 36.8 Å². The smallest absolute Gasteiger partial charge is 0.147 e. The Labute approximate surface area is 163 Å². The number of halogens is 3. The van der Waals surface area contributed by atoms with E-state index in [-0.39, 0.29) is 36.1 Å². The van der Waals surface area contributed by atoms with E-state index < -0.39 is 18.1 Å². The van der Waals surface area contributed by atoms with E-state index in [9.17, 15) is 9.59 Å². The molecule has 1 amide bonds. The third kappa shape index (κ3) is 5.15. The number of likely N-dealkylation sites (tertiary alicyclic amines) is 1. The number of alkyl halides is 1. The second-order valence-corrected chi connectivity index (χ2v) is 9.72. The molecule has 3 unspecified atom stereocenters. The van der Waals surface area contributed by atoms with Crippen molar-refractivity contribution >= 4 is 67.5 Å². The molecule has 1 fully saturated rings. The molecule has 20 heavy (non-hydrogen) atoms. The third-order valence-corrected chi connectivity index (χ3v) is 7.87. The fourth-order valence-electron chi connectivity index (χ4n) is 1.74. The molecule has 0 saturated carbocycles. The third-order valence-electron chi connectivity index (χ3n) is 2.58. The zero-order valence-corrected chi connectivity index (χ0v) is 21.0. The normalized spacial score (nSPS) is 22.1. The Hall–Kier alpha value is 1.24. The van der Waals surface area contributed by atoms with Gasteiger partial charge in [0.1, 0.15) is 0 Å². The molecular weight excluding hydrogens is 627 g/mol. The summed E-state index contributed by atoms with van der Waals surface area (Å²) < 4.78 is 5.84.